The smallest absolute Gasteiger partial charge is 0.295 e. The predicted octanol–water partition coefficient (Wildman–Crippen LogP) is 3.97. The normalized spacial score (nSPS) is 11.6. The Kier molecular flexibility index (Phi) is 6.53. The van der Waals surface area contributed by atoms with Crippen LogP contribution in [0.1, 0.15) is 5.56 Å². The molecule has 0 unspecified atom stereocenters. The number of nitrogens with zero attached hydrogens (tertiary/aromatic N) is 4. The van der Waals surface area contributed by atoms with Crippen molar-refractivity contribution in [3.8, 4) is 5.75 Å². The second-order valence-electron chi connectivity index (χ2n) is 6.40. The third-order valence-electron chi connectivity index (χ3n) is 4.42. The van der Waals surface area contributed by atoms with E-state index in [2.05, 4.69) is 21.0 Å². The zero-order valence-electron chi connectivity index (χ0n) is 16.1. The van der Waals surface area contributed by atoms with Gasteiger partial charge < -0.3 is 4.74 Å². The molecule has 160 valence electrons. The monoisotopic (exact) mass is 516 g/mol. The van der Waals surface area contributed by atoms with Gasteiger partial charge in [-0.1, -0.05) is 39.7 Å². The Balaban J connectivity index is 2.24. The lowest BCUT2D eigenvalue weighted by Crippen LogP contribution is -2.30. The summed E-state index contributed by atoms with van der Waals surface area (Å²) in [4.78, 5) is 11.0. The number of hydrogen-bond acceptors (Lipinski definition) is 6. The Labute approximate surface area is 186 Å². The van der Waals surface area contributed by atoms with Crippen LogP contribution in [0, 0.1) is 10.1 Å². The topological polar surface area (TPSA) is 108 Å². The van der Waals surface area contributed by atoms with Gasteiger partial charge in [-0.15, -0.1) is 0 Å². The summed E-state index contributed by atoms with van der Waals surface area (Å²) in [5.74, 6) is 0.674. The van der Waals surface area contributed by atoms with E-state index < -0.39 is 14.9 Å². The summed E-state index contributed by atoms with van der Waals surface area (Å²) in [6.07, 6.45) is 1.05. The molecule has 30 heavy (non-hydrogen) atoms. The number of fused-ring (bicyclic) bond motifs is 1. The summed E-state index contributed by atoms with van der Waals surface area (Å²) >= 11 is 9.66. The van der Waals surface area contributed by atoms with Crippen molar-refractivity contribution in [3.63, 3.8) is 0 Å². The van der Waals surface area contributed by atoms with Gasteiger partial charge in [-0.05, 0) is 23.8 Å². The minimum absolute atomic E-state index is 0.0255. The fraction of sp³-hybridized carbons (Fsp3) is 0.278. The molecular weight excluding hydrogens is 500 g/mol. The van der Waals surface area contributed by atoms with Gasteiger partial charge >= 0.3 is 0 Å². The second-order valence-corrected chi connectivity index (χ2v) is 9.51. The van der Waals surface area contributed by atoms with E-state index in [-0.39, 0.29) is 40.5 Å². The summed E-state index contributed by atoms with van der Waals surface area (Å²) in [6, 6.07) is 9.57. The minimum Gasteiger partial charge on any atom is -0.497 e. The second kappa shape index (κ2) is 8.78. The lowest BCUT2D eigenvalue weighted by atomic mass is 10.2. The van der Waals surface area contributed by atoms with Gasteiger partial charge in [0.2, 0.25) is 10.0 Å². The number of nitro groups is 1. The highest BCUT2D eigenvalue weighted by atomic mass is 79.9. The van der Waals surface area contributed by atoms with Gasteiger partial charge in [-0.3, -0.25) is 14.8 Å². The molecule has 0 N–H and O–H groups in total. The van der Waals surface area contributed by atoms with E-state index in [1.165, 1.54) is 23.9 Å². The number of anilines is 1. The molecule has 9 nitrogen and oxygen atoms in total. The number of halogens is 2. The molecule has 0 saturated heterocycles. The maximum atomic E-state index is 12.7. The summed E-state index contributed by atoms with van der Waals surface area (Å²) in [5.41, 5.74) is 0.656. The number of alkyl halides is 1. The first-order valence-electron chi connectivity index (χ1n) is 8.67. The highest BCUT2D eigenvalue weighted by Gasteiger charge is 2.29. The number of ether oxygens (including phenoxy) is 1. The fourth-order valence-electron chi connectivity index (χ4n) is 3.05. The Morgan fingerprint density at radius 2 is 1.93 bits per heavy atom. The summed E-state index contributed by atoms with van der Waals surface area (Å²) in [5, 5.41) is 16.8. The number of aryl methyl sites for hydroxylation is 1. The molecule has 0 saturated carbocycles. The minimum atomic E-state index is -3.79. The van der Waals surface area contributed by atoms with Crippen molar-refractivity contribution in [2.75, 3.05) is 23.0 Å². The molecule has 0 aliphatic rings. The van der Waals surface area contributed by atoms with Crippen molar-refractivity contribution in [2.45, 2.75) is 13.1 Å². The zero-order valence-corrected chi connectivity index (χ0v) is 19.2. The quantitative estimate of drug-likeness (QED) is 0.254. The molecule has 3 rings (SSSR count). The Bertz CT molecular complexity index is 1200. The number of nitro benzene ring substituents is 1. The SMILES string of the molecule is COc1ccc(CN(c2nn(CCBr)c3c([N+](=O)[O-])ccc(Cl)c23)S(C)(=O)=O)cc1. The van der Waals surface area contributed by atoms with Crippen LogP contribution in [-0.2, 0) is 23.1 Å². The average Bonchev–Trinajstić information content (AvgIpc) is 3.05. The Morgan fingerprint density at radius 1 is 1.27 bits per heavy atom. The number of rotatable bonds is 8. The van der Waals surface area contributed by atoms with Crippen LogP contribution >= 0.6 is 27.5 Å². The van der Waals surface area contributed by atoms with Crippen LogP contribution < -0.4 is 9.04 Å². The number of hydrogen-bond donors (Lipinski definition) is 0. The first-order chi connectivity index (χ1) is 14.2. The number of methoxy groups -OCH3 is 1. The lowest BCUT2D eigenvalue weighted by Gasteiger charge is -2.20. The van der Waals surface area contributed by atoms with E-state index in [9.17, 15) is 18.5 Å². The third-order valence-corrected chi connectivity index (χ3v) is 6.19. The number of benzene rings is 2. The van der Waals surface area contributed by atoms with E-state index in [4.69, 9.17) is 16.3 Å². The highest BCUT2D eigenvalue weighted by Crippen LogP contribution is 2.39. The third kappa shape index (κ3) is 4.37. The van der Waals surface area contributed by atoms with Crippen molar-refractivity contribution >= 4 is 60.0 Å². The van der Waals surface area contributed by atoms with Gasteiger partial charge in [-0.25, -0.2) is 12.7 Å². The van der Waals surface area contributed by atoms with Gasteiger partial charge in [0.1, 0.15) is 11.3 Å². The van der Waals surface area contributed by atoms with Gasteiger partial charge in [0.05, 0.1) is 41.8 Å². The molecule has 2 aromatic carbocycles. The van der Waals surface area contributed by atoms with Crippen LogP contribution in [0.4, 0.5) is 11.5 Å². The predicted molar refractivity (Wildman–Crippen MR) is 119 cm³/mol. The number of non-ortho nitro benzene ring substituents is 1. The summed E-state index contributed by atoms with van der Waals surface area (Å²) in [6.45, 7) is 0.264. The van der Waals surface area contributed by atoms with Crippen molar-refractivity contribution in [1.29, 1.82) is 0 Å². The standard InChI is InChI=1S/C18H18BrClN4O5S/c1-29-13-5-3-12(4-6-13)11-23(30(2,27)28)18-16-14(20)7-8-15(24(25)26)17(16)22(21-18)10-9-19/h3-8H,9-11H2,1-2H3. The van der Waals surface area contributed by atoms with Gasteiger partial charge in [0, 0.05) is 11.4 Å². The van der Waals surface area contributed by atoms with Crippen molar-refractivity contribution < 1.29 is 18.1 Å². The van der Waals surface area contributed by atoms with Gasteiger partial charge in [0.25, 0.3) is 5.69 Å². The average molecular weight is 518 g/mol. The Morgan fingerprint density at radius 3 is 2.47 bits per heavy atom. The summed E-state index contributed by atoms with van der Waals surface area (Å²) in [7, 11) is -2.25. The molecule has 0 aliphatic carbocycles. The van der Waals surface area contributed by atoms with Crippen molar-refractivity contribution in [2.24, 2.45) is 0 Å². The molecule has 0 amide bonds. The highest BCUT2D eigenvalue weighted by molar-refractivity contribution is 9.09. The van der Waals surface area contributed by atoms with E-state index >= 15 is 0 Å². The number of aromatic nitrogens is 2. The maximum Gasteiger partial charge on any atom is 0.295 e. The number of sulfonamides is 1. The van der Waals surface area contributed by atoms with E-state index in [0.29, 0.717) is 16.6 Å². The summed E-state index contributed by atoms with van der Waals surface area (Å²) < 4.78 is 33.0. The molecule has 0 fully saturated rings. The molecule has 0 spiro atoms. The van der Waals surface area contributed by atoms with Crippen molar-refractivity contribution in [1.82, 2.24) is 9.78 Å². The van der Waals surface area contributed by atoms with Gasteiger partial charge in [0.15, 0.2) is 5.82 Å². The van der Waals surface area contributed by atoms with Crippen LogP contribution in [0.15, 0.2) is 36.4 Å². The zero-order chi connectivity index (χ0) is 22.1. The molecular formula is C18H18BrClN4O5S. The molecule has 0 atom stereocenters. The van der Waals surface area contributed by atoms with Crippen molar-refractivity contribution in [3.05, 3.63) is 57.1 Å². The molecule has 0 aliphatic heterocycles. The van der Waals surface area contributed by atoms with Crippen LogP contribution in [0.25, 0.3) is 10.9 Å². The molecule has 1 aromatic heterocycles. The fourth-order valence-corrected chi connectivity index (χ4v) is 4.45. The van der Waals surface area contributed by atoms with Crippen LogP contribution in [0.5, 0.6) is 5.75 Å². The first kappa shape index (κ1) is 22.3. The van der Waals surface area contributed by atoms with Crippen LogP contribution in [0.2, 0.25) is 5.02 Å². The largest absolute Gasteiger partial charge is 0.497 e. The molecule has 0 radical (unpaired) electrons. The molecule has 3 aromatic rings. The lowest BCUT2D eigenvalue weighted by molar-refractivity contribution is -0.383. The Hall–Kier alpha value is -2.37. The first-order valence-corrected chi connectivity index (χ1v) is 12.0. The molecule has 0 bridgehead atoms. The molecule has 12 heteroatoms. The maximum absolute atomic E-state index is 12.7. The van der Waals surface area contributed by atoms with E-state index in [1.807, 2.05) is 0 Å². The van der Waals surface area contributed by atoms with Crippen LogP contribution in [-0.4, -0.2) is 41.8 Å². The van der Waals surface area contributed by atoms with E-state index in [0.717, 1.165) is 10.6 Å². The van der Waals surface area contributed by atoms with Gasteiger partial charge in [-0.2, -0.15) is 5.10 Å². The van der Waals surface area contributed by atoms with E-state index in [1.54, 1.807) is 24.3 Å². The molecule has 1 heterocycles. The van der Waals surface area contributed by atoms with Crippen LogP contribution in [0.3, 0.4) is 0 Å².